The molecular formula is C28H29N3O3. The third-order valence-electron chi connectivity index (χ3n) is 6.31. The van der Waals surface area contributed by atoms with Gasteiger partial charge in [-0.25, -0.2) is 5.01 Å². The van der Waals surface area contributed by atoms with Gasteiger partial charge in [-0.15, -0.1) is 0 Å². The summed E-state index contributed by atoms with van der Waals surface area (Å²) in [5.74, 6) is -0.753. The normalized spacial score (nSPS) is 17.9. The summed E-state index contributed by atoms with van der Waals surface area (Å²) in [5.41, 5.74) is 4.03. The van der Waals surface area contributed by atoms with Gasteiger partial charge in [0, 0.05) is 29.8 Å². The van der Waals surface area contributed by atoms with Crippen LogP contribution in [0.2, 0.25) is 0 Å². The number of nitrogens with zero attached hydrogens (tertiary/aromatic N) is 2. The molecule has 0 aromatic heterocycles. The van der Waals surface area contributed by atoms with E-state index in [9.17, 15) is 14.7 Å². The lowest BCUT2D eigenvalue weighted by atomic mass is 9.77. The monoisotopic (exact) mass is 455 g/mol. The molecule has 34 heavy (non-hydrogen) atoms. The van der Waals surface area contributed by atoms with Gasteiger partial charge >= 0.3 is 0 Å². The van der Waals surface area contributed by atoms with E-state index in [0.29, 0.717) is 12.0 Å². The second kappa shape index (κ2) is 10.3. The molecule has 6 nitrogen and oxygen atoms in total. The molecule has 3 aromatic carbocycles. The quantitative estimate of drug-likeness (QED) is 0.550. The second-order valence-electron chi connectivity index (χ2n) is 8.58. The lowest BCUT2D eigenvalue weighted by Crippen LogP contribution is -2.42. The number of phenolic OH excluding ortho intramolecular Hbond substituents is 1. The van der Waals surface area contributed by atoms with Gasteiger partial charge in [0.1, 0.15) is 5.75 Å². The molecule has 2 unspecified atom stereocenters. The van der Waals surface area contributed by atoms with Crippen molar-refractivity contribution in [2.75, 3.05) is 7.05 Å². The number of nitrogens with one attached hydrogen (secondary N) is 1. The van der Waals surface area contributed by atoms with Crippen molar-refractivity contribution in [3.63, 3.8) is 0 Å². The first-order valence-corrected chi connectivity index (χ1v) is 11.5. The Bertz CT molecular complexity index is 1210. The number of hydrazone groups is 1. The molecule has 1 aliphatic rings. The zero-order valence-electron chi connectivity index (χ0n) is 19.4. The number of carbonyl (C=O) groups excluding carboxylic acids is 2. The van der Waals surface area contributed by atoms with Crippen molar-refractivity contribution < 1.29 is 14.7 Å². The Morgan fingerprint density at radius 3 is 2.44 bits per heavy atom. The standard InChI is InChI=1S/C28H29N3O3/c1-19-26(23-13-6-7-14-25(23)32)24(16-15-20-9-4-3-5-10-20)28(34)31(30-19)18-21-11-8-12-22(17-21)27(33)29-2/h3-14,17,24,26,32H,15-16,18H2,1-2H3,(H,29,33). The number of rotatable bonds is 7. The fourth-order valence-corrected chi connectivity index (χ4v) is 4.62. The molecule has 0 fully saturated rings. The van der Waals surface area contributed by atoms with Crippen molar-refractivity contribution in [1.29, 1.82) is 0 Å². The van der Waals surface area contributed by atoms with Crippen LogP contribution in [0, 0.1) is 5.92 Å². The fourth-order valence-electron chi connectivity index (χ4n) is 4.62. The first kappa shape index (κ1) is 23.2. The molecule has 2 amide bonds. The average Bonchev–Trinajstić information content (AvgIpc) is 2.86. The predicted molar refractivity (Wildman–Crippen MR) is 133 cm³/mol. The first-order valence-electron chi connectivity index (χ1n) is 11.5. The molecule has 2 atom stereocenters. The van der Waals surface area contributed by atoms with Crippen LogP contribution in [-0.2, 0) is 17.8 Å². The van der Waals surface area contributed by atoms with E-state index >= 15 is 0 Å². The molecule has 0 aliphatic carbocycles. The lowest BCUT2D eigenvalue weighted by Gasteiger charge is -2.35. The number of aromatic hydroxyl groups is 1. The van der Waals surface area contributed by atoms with Crippen molar-refractivity contribution in [2.45, 2.75) is 32.2 Å². The Morgan fingerprint density at radius 2 is 1.71 bits per heavy atom. The van der Waals surface area contributed by atoms with Gasteiger partial charge in [0.15, 0.2) is 0 Å². The van der Waals surface area contributed by atoms with Crippen LogP contribution in [0.1, 0.15) is 46.3 Å². The molecule has 0 radical (unpaired) electrons. The van der Waals surface area contributed by atoms with Crippen LogP contribution in [0.15, 0.2) is 84.0 Å². The average molecular weight is 456 g/mol. The van der Waals surface area contributed by atoms with E-state index in [4.69, 9.17) is 0 Å². The molecule has 3 aromatic rings. The summed E-state index contributed by atoms with van der Waals surface area (Å²) in [6.07, 6.45) is 1.37. The Labute approximate surface area is 199 Å². The smallest absolute Gasteiger partial charge is 0.251 e. The van der Waals surface area contributed by atoms with Crippen molar-refractivity contribution >= 4 is 17.5 Å². The van der Waals surface area contributed by atoms with Gasteiger partial charge in [-0.2, -0.15) is 5.10 Å². The number of hydrogen-bond acceptors (Lipinski definition) is 4. The topological polar surface area (TPSA) is 82.0 Å². The van der Waals surface area contributed by atoms with E-state index < -0.39 is 0 Å². The summed E-state index contributed by atoms with van der Waals surface area (Å²) in [5, 5.41) is 19.3. The molecule has 4 rings (SSSR count). The largest absolute Gasteiger partial charge is 0.508 e. The van der Waals surface area contributed by atoms with Gasteiger partial charge in [0.05, 0.1) is 12.5 Å². The zero-order valence-corrected chi connectivity index (χ0v) is 19.4. The minimum atomic E-state index is -0.367. The van der Waals surface area contributed by atoms with Gasteiger partial charge in [-0.1, -0.05) is 60.7 Å². The molecule has 0 saturated heterocycles. The summed E-state index contributed by atoms with van der Waals surface area (Å²) < 4.78 is 0. The highest BCUT2D eigenvalue weighted by Crippen LogP contribution is 2.39. The highest BCUT2D eigenvalue weighted by molar-refractivity contribution is 5.98. The summed E-state index contributed by atoms with van der Waals surface area (Å²) in [6.45, 7) is 2.18. The SMILES string of the molecule is CNC(=O)c1cccc(CN2N=C(C)C(c3ccccc3O)C(CCc3ccccc3)C2=O)c1. The lowest BCUT2D eigenvalue weighted by molar-refractivity contribution is -0.137. The third kappa shape index (κ3) is 5.01. The number of phenols is 1. The van der Waals surface area contributed by atoms with Gasteiger partial charge in [-0.05, 0) is 49.1 Å². The number of para-hydroxylation sites is 1. The maximum Gasteiger partial charge on any atom is 0.251 e. The zero-order chi connectivity index (χ0) is 24.1. The van der Waals surface area contributed by atoms with Crippen molar-refractivity contribution in [1.82, 2.24) is 10.3 Å². The number of amides is 2. The van der Waals surface area contributed by atoms with E-state index in [2.05, 4.69) is 22.6 Å². The third-order valence-corrected chi connectivity index (χ3v) is 6.31. The van der Waals surface area contributed by atoms with Crippen molar-refractivity contribution in [2.24, 2.45) is 11.0 Å². The maximum atomic E-state index is 13.7. The van der Waals surface area contributed by atoms with E-state index in [1.54, 1.807) is 31.3 Å². The summed E-state index contributed by atoms with van der Waals surface area (Å²) in [4.78, 5) is 25.8. The molecular weight excluding hydrogens is 426 g/mol. The Kier molecular flexibility index (Phi) is 7.07. The second-order valence-corrected chi connectivity index (χ2v) is 8.58. The van der Waals surface area contributed by atoms with Gasteiger partial charge < -0.3 is 10.4 Å². The molecule has 174 valence electrons. The predicted octanol–water partition coefficient (Wildman–Crippen LogP) is 4.50. The van der Waals surface area contributed by atoms with Gasteiger partial charge in [0.2, 0.25) is 5.91 Å². The molecule has 0 bridgehead atoms. The number of carbonyl (C=O) groups is 2. The van der Waals surface area contributed by atoms with Crippen LogP contribution in [0.25, 0.3) is 0 Å². The van der Waals surface area contributed by atoms with Crippen molar-refractivity contribution in [3.05, 3.63) is 101 Å². The van der Waals surface area contributed by atoms with Crippen LogP contribution >= 0.6 is 0 Å². The van der Waals surface area contributed by atoms with E-state index in [1.807, 2.05) is 49.4 Å². The Morgan fingerprint density at radius 1 is 1.00 bits per heavy atom. The van der Waals surface area contributed by atoms with Crippen LogP contribution in [0.5, 0.6) is 5.75 Å². The first-order chi connectivity index (χ1) is 16.5. The summed E-state index contributed by atoms with van der Waals surface area (Å²) >= 11 is 0. The molecule has 2 N–H and O–H groups in total. The number of benzene rings is 3. The molecule has 6 heteroatoms. The molecule has 1 aliphatic heterocycles. The van der Waals surface area contributed by atoms with E-state index in [0.717, 1.165) is 28.8 Å². The minimum Gasteiger partial charge on any atom is -0.508 e. The van der Waals surface area contributed by atoms with Gasteiger partial charge in [0.25, 0.3) is 5.91 Å². The number of aryl methyl sites for hydroxylation is 1. The van der Waals surface area contributed by atoms with Crippen LogP contribution < -0.4 is 5.32 Å². The van der Waals surface area contributed by atoms with Crippen LogP contribution in [-0.4, -0.2) is 34.7 Å². The van der Waals surface area contributed by atoms with Crippen molar-refractivity contribution in [3.8, 4) is 5.75 Å². The van der Waals surface area contributed by atoms with Crippen LogP contribution in [0.3, 0.4) is 0 Å². The van der Waals surface area contributed by atoms with E-state index in [1.165, 1.54) is 5.01 Å². The van der Waals surface area contributed by atoms with E-state index in [-0.39, 0.29) is 35.9 Å². The summed E-state index contributed by atoms with van der Waals surface area (Å²) in [7, 11) is 1.59. The number of hydrogen-bond donors (Lipinski definition) is 2. The highest BCUT2D eigenvalue weighted by atomic mass is 16.3. The molecule has 1 heterocycles. The molecule has 0 saturated carbocycles. The highest BCUT2D eigenvalue weighted by Gasteiger charge is 2.39. The Balaban J connectivity index is 1.65. The Hall–Kier alpha value is -3.93. The maximum absolute atomic E-state index is 13.7. The molecule has 0 spiro atoms. The summed E-state index contributed by atoms with van der Waals surface area (Å²) in [6, 6.07) is 24.5. The van der Waals surface area contributed by atoms with Gasteiger partial charge in [-0.3, -0.25) is 9.59 Å². The van der Waals surface area contributed by atoms with Crippen LogP contribution in [0.4, 0.5) is 0 Å². The fraction of sp³-hybridized carbons (Fsp3) is 0.250. The minimum absolute atomic E-state index is 0.0832.